The van der Waals surface area contributed by atoms with Gasteiger partial charge < -0.3 is 4.90 Å². The van der Waals surface area contributed by atoms with Crippen molar-refractivity contribution in [1.82, 2.24) is 9.38 Å². The summed E-state index contributed by atoms with van der Waals surface area (Å²) in [7, 11) is 0. The third kappa shape index (κ3) is 2.32. The Balaban J connectivity index is 2.15. The predicted molar refractivity (Wildman–Crippen MR) is 97.5 cm³/mol. The second-order valence-electron chi connectivity index (χ2n) is 6.53. The van der Waals surface area contributed by atoms with E-state index < -0.39 is 0 Å². The Kier molecular flexibility index (Phi) is 3.78. The molecule has 0 amide bonds. The lowest BCUT2D eigenvalue weighted by atomic mass is 10.00. The summed E-state index contributed by atoms with van der Waals surface area (Å²) in [5.74, 6) is 1.12. The number of hydrogen-bond acceptors (Lipinski definition) is 4. The van der Waals surface area contributed by atoms with Gasteiger partial charge in [-0.2, -0.15) is 10.5 Å². The van der Waals surface area contributed by atoms with Crippen molar-refractivity contribution in [3.8, 4) is 12.1 Å². The number of fused-ring (bicyclic) bond motifs is 3. The molecule has 5 heteroatoms. The predicted octanol–water partition coefficient (Wildman–Crippen LogP) is 3.72. The minimum atomic E-state index is 0.449. The lowest BCUT2D eigenvalue weighted by molar-refractivity contribution is 0.880. The molecule has 1 aromatic carbocycles. The number of nitriles is 2. The Morgan fingerprint density at radius 1 is 1.16 bits per heavy atom. The summed E-state index contributed by atoms with van der Waals surface area (Å²) in [6.07, 6.45) is 3.45. The van der Waals surface area contributed by atoms with Crippen molar-refractivity contribution in [2.24, 2.45) is 0 Å². The van der Waals surface area contributed by atoms with Crippen LogP contribution in [-0.4, -0.2) is 22.5 Å². The first kappa shape index (κ1) is 15.5. The number of benzene rings is 1. The lowest BCUT2D eigenvalue weighted by Gasteiger charge is -2.25. The van der Waals surface area contributed by atoms with Gasteiger partial charge in [-0.25, -0.2) is 4.98 Å². The Bertz CT molecular complexity index is 1040. The number of pyridine rings is 1. The highest BCUT2D eigenvalue weighted by Gasteiger charge is 2.25. The van der Waals surface area contributed by atoms with Crippen LogP contribution in [0.3, 0.4) is 0 Å². The average molecular weight is 329 g/mol. The summed E-state index contributed by atoms with van der Waals surface area (Å²) >= 11 is 0. The second-order valence-corrected chi connectivity index (χ2v) is 6.53. The van der Waals surface area contributed by atoms with Crippen molar-refractivity contribution >= 4 is 22.5 Å². The van der Waals surface area contributed by atoms with E-state index in [1.54, 1.807) is 0 Å². The monoisotopic (exact) mass is 329 g/mol. The van der Waals surface area contributed by atoms with Crippen molar-refractivity contribution in [3.05, 3.63) is 41.0 Å². The highest BCUT2D eigenvalue weighted by atomic mass is 15.2. The molecule has 3 heterocycles. The zero-order valence-electron chi connectivity index (χ0n) is 14.3. The highest BCUT2D eigenvalue weighted by Crippen LogP contribution is 2.35. The summed E-state index contributed by atoms with van der Waals surface area (Å²) in [5, 5.41) is 18.9. The topological polar surface area (TPSA) is 68.1 Å². The Labute approximate surface area is 146 Å². The lowest BCUT2D eigenvalue weighted by Crippen LogP contribution is -2.23. The molecule has 4 rings (SSSR count). The normalized spacial score (nSPS) is 14.1. The van der Waals surface area contributed by atoms with Gasteiger partial charge in [-0.1, -0.05) is 12.1 Å². The van der Waals surface area contributed by atoms with Crippen LogP contribution in [-0.2, 0) is 6.42 Å². The zero-order chi connectivity index (χ0) is 17.4. The summed E-state index contributed by atoms with van der Waals surface area (Å²) in [6.45, 7) is 4.00. The fraction of sp³-hybridized carbons (Fsp3) is 0.350. The molecule has 0 spiro atoms. The molecule has 1 aliphatic rings. The minimum absolute atomic E-state index is 0.449. The highest BCUT2D eigenvalue weighted by molar-refractivity contribution is 5.86. The molecular formula is C20H19N5. The third-order valence-corrected chi connectivity index (χ3v) is 5.10. The molecule has 3 aromatic rings. The molecule has 0 atom stereocenters. The SMILES string of the molecule is Cc1c(CCC#N)c(N2CCCC2)n2c(nc3ccccc32)c1C#N. The van der Waals surface area contributed by atoms with Crippen molar-refractivity contribution in [2.45, 2.75) is 32.6 Å². The first-order chi connectivity index (χ1) is 12.3. The van der Waals surface area contributed by atoms with E-state index in [1.807, 2.05) is 25.1 Å². The first-order valence-corrected chi connectivity index (χ1v) is 8.71. The summed E-state index contributed by atoms with van der Waals surface area (Å²) < 4.78 is 2.14. The van der Waals surface area contributed by atoms with Crippen molar-refractivity contribution in [3.63, 3.8) is 0 Å². The Hall–Kier alpha value is -3.05. The molecule has 124 valence electrons. The minimum Gasteiger partial charge on any atom is -0.357 e. The van der Waals surface area contributed by atoms with E-state index in [4.69, 9.17) is 10.2 Å². The van der Waals surface area contributed by atoms with Crippen LogP contribution in [0.2, 0.25) is 0 Å². The third-order valence-electron chi connectivity index (χ3n) is 5.10. The van der Waals surface area contributed by atoms with Gasteiger partial charge in [-0.3, -0.25) is 4.40 Å². The van der Waals surface area contributed by atoms with Gasteiger partial charge in [0, 0.05) is 19.5 Å². The van der Waals surface area contributed by atoms with Crippen LogP contribution < -0.4 is 4.90 Å². The molecule has 1 saturated heterocycles. The molecule has 0 unspecified atom stereocenters. The van der Waals surface area contributed by atoms with Crippen LogP contribution in [0.4, 0.5) is 5.82 Å². The summed E-state index contributed by atoms with van der Waals surface area (Å²) in [5.41, 5.74) is 5.33. The molecule has 0 aliphatic carbocycles. The summed E-state index contributed by atoms with van der Waals surface area (Å²) in [4.78, 5) is 7.14. The molecular weight excluding hydrogens is 310 g/mol. The quantitative estimate of drug-likeness (QED) is 0.734. The summed E-state index contributed by atoms with van der Waals surface area (Å²) in [6, 6.07) is 12.6. The largest absolute Gasteiger partial charge is 0.357 e. The van der Waals surface area contributed by atoms with Gasteiger partial charge in [0.05, 0.1) is 22.7 Å². The van der Waals surface area contributed by atoms with E-state index in [9.17, 15) is 5.26 Å². The number of rotatable bonds is 3. The van der Waals surface area contributed by atoms with Gasteiger partial charge in [0.15, 0.2) is 5.65 Å². The van der Waals surface area contributed by atoms with Crippen LogP contribution in [0.1, 0.15) is 36.0 Å². The van der Waals surface area contributed by atoms with Gasteiger partial charge in [-0.05, 0) is 49.4 Å². The van der Waals surface area contributed by atoms with Crippen LogP contribution >= 0.6 is 0 Å². The van der Waals surface area contributed by atoms with Crippen LogP contribution in [0.25, 0.3) is 16.7 Å². The molecule has 0 saturated carbocycles. The van der Waals surface area contributed by atoms with E-state index in [-0.39, 0.29) is 0 Å². The second kappa shape index (κ2) is 6.11. The first-order valence-electron chi connectivity index (χ1n) is 8.71. The van der Waals surface area contributed by atoms with Crippen molar-refractivity contribution < 1.29 is 0 Å². The maximum atomic E-state index is 9.77. The number of imidazole rings is 1. The van der Waals surface area contributed by atoms with E-state index >= 15 is 0 Å². The Morgan fingerprint density at radius 3 is 2.64 bits per heavy atom. The number of nitrogens with zero attached hydrogens (tertiary/aromatic N) is 5. The van der Waals surface area contributed by atoms with Gasteiger partial charge in [-0.15, -0.1) is 0 Å². The van der Waals surface area contributed by atoms with Gasteiger partial charge in [0.2, 0.25) is 0 Å². The maximum absolute atomic E-state index is 9.77. The van der Waals surface area contributed by atoms with E-state index in [2.05, 4.69) is 27.5 Å². The fourth-order valence-corrected chi connectivity index (χ4v) is 3.90. The number of para-hydroxylation sites is 2. The zero-order valence-corrected chi connectivity index (χ0v) is 14.3. The standard InChI is InChI=1S/C20H19N5/c1-14-15(7-6-10-21)20(24-11-4-5-12-24)25-18-9-3-2-8-17(18)23-19(25)16(14)13-22/h2-3,8-9H,4-7,11-12H2,1H3. The molecule has 0 bridgehead atoms. The van der Waals surface area contributed by atoms with Crippen LogP contribution in [0, 0.1) is 29.6 Å². The average Bonchev–Trinajstić information content (AvgIpc) is 3.27. The molecule has 1 fully saturated rings. The van der Waals surface area contributed by atoms with Crippen LogP contribution in [0.5, 0.6) is 0 Å². The van der Waals surface area contributed by atoms with Gasteiger partial charge in [0.1, 0.15) is 11.9 Å². The van der Waals surface area contributed by atoms with Gasteiger partial charge >= 0.3 is 0 Å². The Morgan fingerprint density at radius 2 is 1.92 bits per heavy atom. The number of hydrogen-bond donors (Lipinski definition) is 0. The molecule has 0 radical (unpaired) electrons. The van der Waals surface area contributed by atoms with E-state index in [0.29, 0.717) is 18.4 Å². The molecule has 2 aromatic heterocycles. The van der Waals surface area contributed by atoms with Crippen LogP contribution in [0.15, 0.2) is 24.3 Å². The molecule has 5 nitrogen and oxygen atoms in total. The van der Waals surface area contributed by atoms with Gasteiger partial charge in [0.25, 0.3) is 0 Å². The maximum Gasteiger partial charge on any atom is 0.157 e. The van der Waals surface area contributed by atoms with E-state index in [0.717, 1.165) is 46.7 Å². The smallest absolute Gasteiger partial charge is 0.157 e. The van der Waals surface area contributed by atoms with Crippen molar-refractivity contribution in [2.75, 3.05) is 18.0 Å². The number of aromatic nitrogens is 2. The molecule has 0 N–H and O–H groups in total. The van der Waals surface area contributed by atoms with Crippen molar-refractivity contribution in [1.29, 1.82) is 10.5 Å². The fourth-order valence-electron chi connectivity index (χ4n) is 3.90. The van der Waals surface area contributed by atoms with E-state index in [1.165, 1.54) is 12.8 Å². The molecule has 25 heavy (non-hydrogen) atoms. The number of anilines is 1. The molecule has 1 aliphatic heterocycles.